The van der Waals surface area contributed by atoms with Crippen molar-refractivity contribution in [2.45, 2.75) is 25.4 Å². The Labute approximate surface area is 163 Å². The first-order valence-electron chi connectivity index (χ1n) is 9.41. The highest BCUT2D eigenvalue weighted by atomic mass is 19.1. The molecule has 0 spiro atoms. The van der Waals surface area contributed by atoms with Crippen molar-refractivity contribution in [2.75, 3.05) is 4.90 Å². The summed E-state index contributed by atoms with van der Waals surface area (Å²) in [5.41, 5.74) is 2.75. The first-order chi connectivity index (χ1) is 13.5. The summed E-state index contributed by atoms with van der Waals surface area (Å²) < 4.78 is 27.0. The molecule has 0 aromatic heterocycles. The molecule has 0 aliphatic carbocycles. The zero-order chi connectivity index (χ0) is 19.7. The van der Waals surface area contributed by atoms with E-state index in [0.717, 1.165) is 16.8 Å². The summed E-state index contributed by atoms with van der Waals surface area (Å²) in [6.45, 7) is 1.92. The molecule has 1 heterocycles. The standard InChI is InChI=1S/C24H21F2NO/c1-16-23(28)15-22(17-7-11-19(25)12-8-17)27(21-5-3-2-4-6-21)24(16)18-9-13-20(26)14-10-18/h2-14,16,22,24H,15H2,1H3/t16-,22+,24-/m0/s1. The highest BCUT2D eigenvalue weighted by Crippen LogP contribution is 2.46. The number of carbonyl (C=O) groups is 1. The fraction of sp³-hybridized carbons (Fsp3) is 0.208. The van der Waals surface area contributed by atoms with Crippen LogP contribution in [0.15, 0.2) is 78.9 Å². The molecule has 3 atom stereocenters. The Morgan fingerprint density at radius 1 is 0.786 bits per heavy atom. The maximum absolute atomic E-state index is 13.5. The first-order valence-corrected chi connectivity index (χ1v) is 9.41. The molecule has 3 aromatic carbocycles. The van der Waals surface area contributed by atoms with Gasteiger partial charge in [-0.3, -0.25) is 4.79 Å². The first kappa shape index (κ1) is 18.4. The Balaban J connectivity index is 1.86. The number of anilines is 1. The van der Waals surface area contributed by atoms with Gasteiger partial charge < -0.3 is 4.90 Å². The van der Waals surface area contributed by atoms with Crippen molar-refractivity contribution in [3.63, 3.8) is 0 Å². The van der Waals surface area contributed by atoms with Gasteiger partial charge in [0.1, 0.15) is 17.4 Å². The molecule has 142 valence electrons. The number of hydrogen-bond acceptors (Lipinski definition) is 2. The molecule has 3 aromatic rings. The molecule has 4 rings (SSSR count). The number of nitrogens with zero attached hydrogens (tertiary/aromatic N) is 1. The van der Waals surface area contributed by atoms with Crippen molar-refractivity contribution >= 4 is 11.5 Å². The number of benzene rings is 3. The lowest BCUT2D eigenvalue weighted by Gasteiger charge is -2.47. The van der Waals surface area contributed by atoms with Crippen LogP contribution in [0.4, 0.5) is 14.5 Å². The Hall–Kier alpha value is -3.01. The van der Waals surface area contributed by atoms with Crippen LogP contribution in [0.3, 0.4) is 0 Å². The largest absolute Gasteiger partial charge is 0.356 e. The number of hydrogen-bond donors (Lipinski definition) is 0. The third-order valence-corrected chi connectivity index (χ3v) is 5.53. The van der Waals surface area contributed by atoms with Crippen LogP contribution >= 0.6 is 0 Å². The lowest BCUT2D eigenvalue weighted by Crippen LogP contribution is -2.45. The number of ketones is 1. The molecule has 4 heteroatoms. The molecule has 0 radical (unpaired) electrons. The molecule has 2 nitrogen and oxygen atoms in total. The molecule has 1 saturated heterocycles. The maximum Gasteiger partial charge on any atom is 0.140 e. The third kappa shape index (κ3) is 3.42. The van der Waals surface area contributed by atoms with Gasteiger partial charge in [-0.25, -0.2) is 8.78 Å². The summed E-state index contributed by atoms with van der Waals surface area (Å²) in [5, 5.41) is 0. The average molecular weight is 377 g/mol. The van der Waals surface area contributed by atoms with E-state index in [1.807, 2.05) is 37.3 Å². The fourth-order valence-corrected chi connectivity index (χ4v) is 4.10. The normalized spacial score (nSPS) is 22.3. The van der Waals surface area contributed by atoms with Gasteiger partial charge in [-0.1, -0.05) is 49.4 Å². The molecule has 1 fully saturated rings. The Morgan fingerprint density at radius 3 is 1.89 bits per heavy atom. The van der Waals surface area contributed by atoms with E-state index in [-0.39, 0.29) is 35.4 Å². The van der Waals surface area contributed by atoms with Crippen LogP contribution in [0.2, 0.25) is 0 Å². The molecule has 0 saturated carbocycles. The van der Waals surface area contributed by atoms with Crippen molar-refractivity contribution < 1.29 is 13.6 Å². The Bertz CT molecular complexity index is 954. The van der Waals surface area contributed by atoms with Gasteiger partial charge in [0.15, 0.2) is 0 Å². The SMILES string of the molecule is C[C@H]1C(=O)C[C@H](c2ccc(F)cc2)N(c2ccccc2)[C@@H]1c1ccc(F)cc1. The topological polar surface area (TPSA) is 20.3 Å². The molecular weight excluding hydrogens is 356 g/mol. The summed E-state index contributed by atoms with van der Waals surface area (Å²) >= 11 is 0. The van der Waals surface area contributed by atoms with E-state index in [2.05, 4.69) is 4.90 Å². The van der Waals surface area contributed by atoms with Crippen LogP contribution in [-0.4, -0.2) is 5.78 Å². The number of Topliss-reactive ketones (excluding diaryl/α,β-unsaturated/α-hetero) is 1. The van der Waals surface area contributed by atoms with Crippen LogP contribution in [0.1, 0.15) is 36.6 Å². The molecule has 0 unspecified atom stereocenters. The minimum Gasteiger partial charge on any atom is -0.356 e. The van der Waals surface area contributed by atoms with E-state index >= 15 is 0 Å². The zero-order valence-corrected chi connectivity index (χ0v) is 15.6. The van der Waals surface area contributed by atoms with Crippen LogP contribution in [0, 0.1) is 17.6 Å². The van der Waals surface area contributed by atoms with Crippen LogP contribution < -0.4 is 4.90 Å². The number of para-hydroxylation sites is 1. The summed E-state index contributed by atoms with van der Waals surface area (Å²) in [4.78, 5) is 15.1. The van der Waals surface area contributed by atoms with Gasteiger partial charge in [0.2, 0.25) is 0 Å². The van der Waals surface area contributed by atoms with E-state index in [9.17, 15) is 13.6 Å². The van der Waals surface area contributed by atoms with E-state index < -0.39 is 0 Å². The van der Waals surface area contributed by atoms with E-state index in [1.54, 1.807) is 24.3 Å². The van der Waals surface area contributed by atoms with Crippen molar-refractivity contribution in [1.82, 2.24) is 0 Å². The molecule has 28 heavy (non-hydrogen) atoms. The second-order valence-corrected chi connectivity index (χ2v) is 7.27. The predicted octanol–water partition coefficient (Wildman–Crippen LogP) is 5.86. The summed E-state index contributed by atoms with van der Waals surface area (Å²) in [6, 6.07) is 22.1. The summed E-state index contributed by atoms with van der Waals surface area (Å²) in [5.74, 6) is -0.710. The second-order valence-electron chi connectivity index (χ2n) is 7.27. The summed E-state index contributed by atoms with van der Waals surface area (Å²) in [7, 11) is 0. The lowest BCUT2D eigenvalue weighted by molar-refractivity contribution is -0.125. The van der Waals surface area contributed by atoms with Gasteiger partial charge in [0, 0.05) is 18.0 Å². The zero-order valence-electron chi connectivity index (χ0n) is 15.6. The molecule has 1 aliphatic heterocycles. The molecule has 0 amide bonds. The van der Waals surface area contributed by atoms with Crippen molar-refractivity contribution in [1.29, 1.82) is 0 Å². The minimum absolute atomic E-state index is 0.149. The van der Waals surface area contributed by atoms with Crippen LogP contribution in [-0.2, 0) is 4.79 Å². The van der Waals surface area contributed by atoms with Gasteiger partial charge in [-0.05, 0) is 47.5 Å². The molecule has 0 N–H and O–H groups in total. The van der Waals surface area contributed by atoms with Crippen LogP contribution in [0.25, 0.3) is 0 Å². The molecule has 1 aliphatic rings. The van der Waals surface area contributed by atoms with Gasteiger partial charge in [-0.2, -0.15) is 0 Å². The monoisotopic (exact) mass is 377 g/mol. The van der Waals surface area contributed by atoms with Crippen LogP contribution in [0.5, 0.6) is 0 Å². The van der Waals surface area contributed by atoms with Gasteiger partial charge >= 0.3 is 0 Å². The Kier molecular flexibility index (Phi) is 4.95. The average Bonchev–Trinajstić information content (AvgIpc) is 2.72. The van der Waals surface area contributed by atoms with E-state index in [0.29, 0.717) is 6.42 Å². The number of halogens is 2. The second kappa shape index (κ2) is 7.55. The minimum atomic E-state index is -0.306. The smallest absolute Gasteiger partial charge is 0.140 e. The maximum atomic E-state index is 13.5. The molecule has 0 bridgehead atoms. The quantitative estimate of drug-likeness (QED) is 0.570. The number of rotatable bonds is 3. The van der Waals surface area contributed by atoms with Gasteiger partial charge in [0.05, 0.1) is 12.1 Å². The predicted molar refractivity (Wildman–Crippen MR) is 106 cm³/mol. The van der Waals surface area contributed by atoms with Crippen molar-refractivity contribution in [3.8, 4) is 0 Å². The van der Waals surface area contributed by atoms with Crippen molar-refractivity contribution in [3.05, 3.63) is 102 Å². The highest BCUT2D eigenvalue weighted by molar-refractivity contribution is 5.85. The number of carbonyl (C=O) groups excluding carboxylic acids is 1. The Morgan fingerprint density at radius 2 is 1.32 bits per heavy atom. The van der Waals surface area contributed by atoms with Crippen molar-refractivity contribution in [2.24, 2.45) is 5.92 Å². The van der Waals surface area contributed by atoms with Gasteiger partial charge in [-0.15, -0.1) is 0 Å². The number of piperidine rings is 1. The van der Waals surface area contributed by atoms with Gasteiger partial charge in [0.25, 0.3) is 0 Å². The fourth-order valence-electron chi connectivity index (χ4n) is 4.10. The van der Waals surface area contributed by atoms with E-state index in [1.165, 1.54) is 24.3 Å². The summed E-state index contributed by atoms with van der Waals surface area (Å²) in [6.07, 6.45) is 0.347. The highest BCUT2D eigenvalue weighted by Gasteiger charge is 2.41. The van der Waals surface area contributed by atoms with E-state index in [4.69, 9.17) is 0 Å². The molecular formula is C24H21F2NO. The lowest BCUT2D eigenvalue weighted by atomic mass is 9.79. The third-order valence-electron chi connectivity index (χ3n) is 5.53.